The molecule has 4 aromatic rings. The zero-order valence-electron chi connectivity index (χ0n) is 28.8. The Hall–Kier alpha value is -5.90. The number of nitrogens with one attached hydrogen (secondary N) is 2. The van der Waals surface area contributed by atoms with Gasteiger partial charge < -0.3 is 5.73 Å². The predicted molar refractivity (Wildman–Crippen MR) is 184 cm³/mol. The zero-order valence-corrected chi connectivity index (χ0v) is 28.8. The highest BCUT2D eigenvalue weighted by molar-refractivity contribution is 6.09. The molecule has 0 aliphatic rings. The number of benzene rings is 2. The maximum absolute atomic E-state index is 13.1. The molecule has 0 spiro atoms. The third kappa shape index (κ3) is 8.53. The van der Waals surface area contributed by atoms with Crippen molar-refractivity contribution < 1.29 is 14.4 Å². The molecule has 0 unspecified atom stereocenters. The van der Waals surface area contributed by atoms with Crippen LogP contribution < -0.4 is 28.2 Å². The monoisotopic (exact) mass is 668 g/mol. The standard InChI is InChI=1S/C18H21N3O4.C18H19N3O3/c1-9(2)14-15(16(23)12-6-10(3)5-11(4)7-12)21(8-13(19)22)18(25)20-17(14)24;1-10(2)14-15(21(6-5-19)18(24)20-17(14)23)16(22)13-8-11(3)7-12(4)9-13/h5-7,9H,8H2,1-4H3,(H2,19,22)(H,20,24,25);7-10H,6H2,1-4H3,(H,20,23,24). The van der Waals surface area contributed by atoms with Crippen molar-refractivity contribution in [3.05, 3.63) is 134 Å². The molecule has 13 nitrogen and oxygen atoms in total. The Morgan fingerprint density at radius 2 is 1.02 bits per heavy atom. The molecule has 13 heteroatoms. The zero-order chi connectivity index (χ0) is 36.9. The van der Waals surface area contributed by atoms with Gasteiger partial charge in [0, 0.05) is 22.3 Å². The quantitative estimate of drug-likeness (QED) is 0.225. The maximum atomic E-state index is 13.1. The molecule has 0 fully saturated rings. The van der Waals surface area contributed by atoms with E-state index < -0.39 is 46.5 Å². The summed E-state index contributed by atoms with van der Waals surface area (Å²) in [6.45, 7) is 13.7. The fourth-order valence-corrected chi connectivity index (χ4v) is 5.75. The fourth-order valence-electron chi connectivity index (χ4n) is 5.75. The maximum Gasteiger partial charge on any atom is 0.329 e. The molecule has 49 heavy (non-hydrogen) atoms. The van der Waals surface area contributed by atoms with Crippen molar-refractivity contribution in [3.63, 3.8) is 0 Å². The second-order valence-corrected chi connectivity index (χ2v) is 12.6. The van der Waals surface area contributed by atoms with Gasteiger partial charge in [-0.05, 0) is 63.8 Å². The smallest absolute Gasteiger partial charge is 0.329 e. The summed E-state index contributed by atoms with van der Waals surface area (Å²) < 4.78 is 1.98. The first-order valence-corrected chi connectivity index (χ1v) is 15.5. The van der Waals surface area contributed by atoms with E-state index in [0.717, 1.165) is 31.4 Å². The highest BCUT2D eigenvalue weighted by atomic mass is 16.2. The van der Waals surface area contributed by atoms with Crippen LogP contribution in [0.15, 0.2) is 55.6 Å². The van der Waals surface area contributed by atoms with Crippen molar-refractivity contribution in [2.24, 2.45) is 5.73 Å². The molecule has 0 radical (unpaired) electrons. The average Bonchev–Trinajstić information content (AvgIpc) is 2.97. The molecule has 0 saturated heterocycles. The van der Waals surface area contributed by atoms with E-state index in [1.807, 2.05) is 45.9 Å². The summed E-state index contributed by atoms with van der Waals surface area (Å²) in [6, 6.07) is 12.5. The Labute approximate surface area is 282 Å². The molecule has 0 aliphatic carbocycles. The lowest BCUT2D eigenvalue weighted by atomic mass is 9.95. The van der Waals surface area contributed by atoms with Gasteiger partial charge in [-0.2, -0.15) is 5.26 Å². The van der Waals surface area contributed by atoms with E-state index in [-0.39, 0.29) is 40.9 Å². The van der Waals surface area contributed by atoms with E-state index >= 15 is 0 Å². The van der Waals surface area contributed by atoms with Crippen LogP contribution >= 0.6 is 0 Å². The number of carbonyl (C=O) groups excluding carboxylic acids is 3. The first-order valence-electron chi connectivity index (χ1n) is 15.5. The number of nitriles is 1. The molecule has 0 atom stereocenters. The van der Waals surface area contributed by atoms with Gasteiger partial charge in [0.05, 0.1) is 6.07 Å². The first-order chi connectivity index (χ1) is 22.9. The highest BCUT2D eigenvalue weighted by Gasteiger charge is 2.26. The van der Waals surface area contributed by atoms with Gasteiger partial charge in [0.15, 0.2) is 0 Å². The van der Waals surface area contributed by atoms with Crippen LogP contribution in [0.3, 0.4) is 0 Å². The third-order valence-corrected chi connectivity index (χ3v) is 7.57. The molecule has 2 aromatic heterocycles. The Morgan fingerprint density at radius 1 is 0.673 bits per heavy atom. The Kier molecular flexibility index (Phi) is 11.8. The molecule has 0 aliphatic heterocycles. The summed E-state index contributed by atoms with van der Waals surface area (Å²) in [4.78, 5) is 90.7. The minimum atomic E-state index is -0.832. The predicted octanol–water partition coefficient (Wildman–Crippen LogP) is 3.02. The van der Waals surface area contributed by atoms with Crippen LogP contribution in [0.5, 0.6) is 0 Å². The van der Waals surface area contributed by atoms with Crippen molar-refractivity contribution in [2.45, 2.75) is 80.3 Å². The highest BCUT2D eigenvalue weighted by Crippen LogP contribution is 2.21. The van der Waals surface area contributed by atoms with E-state index in [4.69, 9.17) is 11.0 Å². The summed E-state index contributed by atoms with van der Waals surface area (Å²) in [7, 11) is 0. The van der Waals surface area contributed by atoms with Crippen LogP contribution in [0.1, 0.15) is 105 Å². The van der Waals surface area contributed by atoms with E-state index in [1.165, 1.54) is 0 Å². The number of hydrogen-bond donors (Lipinski definition) is 3. The van der Waals surface area contributed by atoms with Crippen LogP contribution in [0, 0.1) is 39.0 Å². The minimum absolute atomic E-state index is 0.00898. The number of nitrogens with two attached hydrogens (primary N) is 1. The van der Waals surface area contributed by atoms with Gasteiger partial charge in [0.1, 0.15) is 24.5 Å². The number of ketones is 2. The largest absolute Gasteiger partial charge is 0.368 e. The number of carbonyl (C=O) groups is 3. The van der Waals surface area contributed by atoms with Crippen molar-refractivity contribution >= 4 is 17.5 Å². The molecular weight excluding hydrogens is 628 g/mol. The number of aryl methyl sites for hydroxylation is 4. The number of rotatable bonds is 9. The van der Waals surface area contributed by atoms with Crippen molar-refractivity contribution in [1.82, 2.24) is 19.1 Å². The summed E-state index contributed by atoms with van der Waals surface area (Å²) in [5, 5.41) is 8.99. The number of H-pyrrole nitrogens is 2. The molecule has 2 aromatic carbocycles. The topological polar surface area (TPSA) is 211 Å². The molecule has 1 amide bonds. The van der Waals surface area contributed by atoms with Crippen LogP contribution in [0.4, 0.5) is 0 Å². The molecule has 0 bridgehead atoms. The van der Waals surface area contributed by atoms with Crippen molar-refractivity contribution in [1.29, 1.82) is 5.26 Å². The SMILES string of the molecule is Cc1cc(C)cc(C(=O)c2c(C(C)C)c(=O)[nH]c(=O)n2CC#N)c1.Cc1cc(C)cc(C(=O)c2c(C(C)C)c(=O)[nH]c(=O)n2CC(N)=O)c1. The summed E-state index contributed by atoms with van der Waals surface area (Å²) >= 11 is 0. The fraction of sp³-hybridized carbons (Fsp3) is 0.333. The number of nitrogens with zero attached hydrogens (tertiary/aromatic N) is 3. The number of aromatic amines is 2. The van der Waals surface area contributed by atoms with Crippen LogP contribution in [0.2, 0.25) is 0 Å². The molecule has 256 valence electrons. The molecule has 4 N–H and O–H groups in total. The minimum Gasteiger partial charge on any atom is -0.368 e. The van der Waals surface area contributed by atoms with Gasteiger partial charge in [0.25, 0.3) is 11.1 Å². The number of hydrogen-bond acceptors (Lipinski definition) is 8. The van der Waals surface area contributed by atoms with E-state index in [0.29, 0.717) is 11.1 Å². The lowest BCUT2D eigenvalue weighted by Crippen LogP contribution is -2.40. The van der Waals surface area contributed by atoms with Crippen molar-refractivity contribution in [3.8, 4) is 6.07 Å². The normalized spacial score (nSPS) is 10.8. The number of primary amides is 1. The summed E-state index contributed by atoms with van der Waals surface area (Å²) in [5.41, 5.74) is 7.00. The van der Waals surface area contributed by atoms with Gasteiger partial charge in [-0.1, -0.05) is 62.1 Å². The Balaban J connectivity index is 0.000000266. The second kappa shape index (κ2) is 15.3. The summed E-state index contributed by atoms with van der Waals surface area (Å²) in [6.07, 6.45) is 0. The Morgan fingerprint density at radius 3 is 1.35 bits per heavy atom. The lowest BCUT2D eigenvalue weighted by molar-refractivity contribution is -0.118. The van der Waals surface area contributed by atoms with Gasteiger partial charge in [0.2, 0.25) is 17.5 Å². The van der Waals surface area contributed by atoms with E-state index in [1.54, 1.807) is 52.0 Å². The van der Waals surface area contributed by atoms with Gasteiger partial charge in [-0.3, -0.25) is 43.1 Å². The van der Waals surface area contributed by atoms with Crippen LogP contribution in [-0.2, 0) is 17.9 Å². The van der Waals surface area contributed by atoms with Crippen molar-refractivity contribution in [2.75, 3.05) is 0 Å². The van der Waals surface area contributed by atoms with E-state index in [2.05, 4.69) is 9.97 Å². The van der Waals surface area contributed by atoms with Gasteiger partial charge in [-0.25, -0.2) is 9.59 Å². The number of amides is 1. The molecule has 0 saturated carbocycles. The molecular formula is C36H40N6O7. The molecule has 4 rings (SSSR count). The number of aromatic nitrogens is 4. The Bertz CT molecular complexity index is 2200. The first kappa shape index (κ1) is 37.6. The van der Waals surface area contributed by atoms with Gasteiger partial charge in [-0.15, -0.1) is 0 Å². The lowest BCUT2D eigenvalue weighted by Gasteiger charge is -2.16. The van der Waals surface area contributed by atoms with E-state index in [9.17, 15) is 33.6 Å². The average molecular weight is 669 g/mol. The molecule has 2 heterocycles. The summed E-state index contributed by atoms with van der Waals surface area (Å²) in [5.74, 6) is -2.29. The van der Waals surface area contributed by atoms with Crippen LogP contribution in [0.25, 0.3) is 0 Å². The second-order valence-electron chi connectivity index (χ2n) is 12.6. The van der Waals surface area contributed by atoms with Crippen LogP contribution in [-0.4, -0.2) is 36.6 Å². The third-order valence-electron chi connectivity index (χ3n) is 7.57. The van der Waals surface area contributed by atoms with Gasteiger partial charge >= 0.3 is 11.4 Å².